The largest absolute Gasteiger partial charge is 0.355 e. The number of hydrogen-bond acceptors (Lipinski definition) is 4. The van der Waals surface area contributed by atoms with E-state index < -0.39 is 4.92 Å². The third kappa shape index (κ3) is 6.00. The van der Waals surface area contributed by atoms with E-state index in [1.165, 1.54) is 36.0 Å². The highest BCUT2D eigenvalue weighted by Gasteiger charge is 2.05. The second kappa shape index (κ2) is 9.02. The monoisotopic (exact) mass is 348 g/mol. The van der Waals surface area contributed by atoms with Crippen LogP contribution in [0.2, 0.25) is 0 Å². The standard InChI is InChI=1S/C17H17FN2O3S/c18-15-5-1-13(2-6-15)9-10-19-17(21)12-24-11-14-3-7-16(8-4-14)20(22)23/h1-8H,9-12H2,(H,19,21). The number of non-ortho nitro benzene ring substituents is 1. The van der Waals surface area contributed by atoms with E-state index in [0.717, 1.165) is 11.1 Å². The second-order valence-corrected chi connectivity index (χ2v) is 6.13. The summed E-state index contributed by atoms with van der Waals surface area (Å²) in [6.45, 7) is 0.503. The predicted molar refractivity (Wildman–Crippen MR) is 92.4 cm³/mol. The molecule has 0 saturated carbocycles. The number of rotatable bonds is 8. The van der Waals surface area contributed by atoms with E-state index in [0.29, 0.717) is 24.5 Å². The van der Waals surface area contributed by atoms with Crippen LogP contribution in [-0.2, 0) is 17.0 Å². The van der Waals surface area contributed by atoms with Gasteiger partial charge in [-0.2, -0.15) is 0 Å². The maximum atomic E-state index is 12.8. The lowest BCUT2D eigenvalue weighted by molar-refractivity contribution is -0.384. The zero-order valence-electron chi connectivity index (χ0n) is 12.9. The minimum absolute atomic E-state index is 0.0577. The number of nitro groups is 1. The molecule has 0 aliphatic rings. The van der Waals surface area contributed by atoms with Crippen molar-refractivity contribution < 1.29 is 14.1 Å². The van der Waals surface area contributed by atoms with Crippen LogP contribution in [0.15, 0.2) is 48.5 Å². The molecule has 2 rings (SSSR count). The molecule has 0 aliphatic carbocycles. The van der Waals surface area contributed by atoms with Gasteiger partial charge in [0.15, 0.2) is 0 Å². The molecule has 0 unspecified atom stereocenters. The molecule has 1 amide bonds. The van der Waals surface area contributed by atoms with Gasteiger partial charge in [-0.25, -0.2) is 4.39 Å². The van der Waals surface area contributed by atoms with Crippen molar-refractivity contribution in [2.24, 2.45) is 0 Å². The normalized spacial score (nSPS) is 10.4. The van der Waals surface area contributed by atoms with E-state index >= 15 is 0 Å². The van der Waals surface area contributed by atoms with Crippen LogP contribution in [0.25, 0.3) is 0 Å². The fourth-order valence-corrected chi connectivity index (χ4v) is 2.84. The molecule has 2 aromatic rings. The Kier molecular flexibility index (Phi) is 6.74. The molecule has 0 spiro atoms. The van der Waals surface area contributed by atoms with Crippen molar-refractivity contribution in [1.29, 1.82) is 0 Å². The Labute approximate surface area is 143 Å². The van der Waals surface area contributed by atoms with Crippen LogP contribution < -0.4 is 5.32 Å². The molecule has 0 aromatic heterocycles. The Morgan fingerprint density at radius 3 is 2.33 bits per heavy atom. The molecule has 0 aliphatic heterocycles. The number of nitro benzene ring substituents is 1. The average molecular weight is 348 g/mol. The molecule has 0 bridgehead atoms. The maximum Gasteiger partial charge on any atom is 0.269 e. The number of benzene rings is 2. The summed E-state index contributed by atoms with van der Waals surface area (Å²) in [4.78, 5) is 21.9. The molecular formula is C17H17FN2O3S. The number of nitrogens with zero attached hydrogens (tertiary/aromatic N) is 1. The summed E-state index contributed by atoms with van der Waals surface area (Å²) in [7, 11) is 0. The molecule has 2 aromatic carbocycles. The van der Waals surface area contributed by atoms with Gasteiger partial charge < -0.3 is 5.32 Å². The Hall–Kier alpha value is -2.41. The quantitative estimate of drug-likeness (QED) is 0.587. The second-order valence-electron chi connectivity index (χ2n) is 5.14. The molecule has 0 heterocycles. The van der Waals surface area contributed by atoms with Crippen LogP contribution >= 0.6 is 11.8 Å². The molecule has 0 fully saturated rings. The van der Waals surface area contributed by atoms with Crippen LogP contribution in [0.4, 0.5) is 10.1 Å². The van der Waals surface area contributed by atoms with Crippen LogP contribution in [0.5, 0.6) is 0 Å². The van der Waals surface area contributed by atoms with E-state index in [2.05, 4.69) is 5.32 Å². The van der Waals surface area contributed by atoms with Gasteiger partial charge in [0.1, 0.15) is 5.82 Å². The summed E-state index contributed by atoms with van der Waals surface area (Å²) >= 11 is 1.45. The summed E-state index contributed by atoms with van der Waals surface area (Å²) < 4.78 is 12.8. The molecule has 126 valence electrons. The number of amides is 1. The van der Waals surface area contributed by atoms with Crippen molar-refractivity contribution in [2.45, 2.75) is 12.2 Å². The molecule has 24 heavy (non-hydrogen) atoms. The van der Waals surface area contributed by atoms with Gasteiger partial charge in [0, 0.05) is 24.4 Å². The summed E-state index contributed by atoms with van der Waals surface area (Å²) in [5.41, 5.74) is 1.96. The van der Waals surface area contributed by atoms with Gasteiger partial charge in [0.2, 0.25) is 5.91 Å². The lowest BCUT2D eigenvalue weighted by Gasteiger charge is -2.06. The molecule has 7 heteroatoms. The summed E-state index contributed by atoms with van der Waals surface area (Å²) in [5.74, 6) is 0.596. The number of nitrogens with one attached hydrogen (secondary N) is 1. The van der Waals surface area contributed by atoms with Gasteiger partial charge in [-0.3, -0.25) is 14.9 Å². The first-order chi connectivity index (χ1) is 11.5. The van der Waals surface area contributed by atoms with Crippen molar-refractivity contribution >= 4 is 23.4 Å². The number of carbonyl (C=O) groups excluding carboxylic acids is 1. The summed E-state index contributed by atoms with van der Waals surface area (Å²) in [6, 6.07) is 12.5. The number of halogens is 1. The van der Waals surface area contributed by atoms with E-state index in [-0.39, 0.29) is 17.4 Å². The highest BCUT2D eigenvalue weighted by molar-refractivity contribution is 7.99. The fourth-order valence-electron chi connectivity index (χ4n) is 2.02. The third-order valence-electron chi connectivity index (χ3n) is 3.30. The smallest absolute Gasteiger partial charge is 0.269 e. The molecule has 0 atom stereocenters. The minimum atomic E-state index is -0.439. The summed E-state index contributed by atoms with van der Waals surface area (Å²) in [6.07, 6.45) is 0.652. The molecule has 5 nitrogen and oxygen atoms in total. The Bertz CT molecular complexity index is 690. The summed E-state index contributed by atoms with van der Waals surface area (Å²) in [5, 5.41) is 13.4. The SMILES string of the molecule is O=C(CSCc1ccc([N+](=O)[O-])cc1)NCCc1ccc(F)cc1. The van der Waals surface area contributed by atoms with Gasteiger partial charge in [-0.1, -0.05) is 24.3 Å². The van der Waals surface area contributed by atoms with Crippen molar-refractivity contribution in [3.05, 3.63) is 75.6 Å². The molecule has 1 N–H and O–H groups in total. The Balaban J connectivity index is 1.64. The van der Waals surface area contributed by atoms with Crippen molar-refractivity contribution in [1.82, 2.24) is 5.32 Å². The first-order valence-electron chi connectivity index (χ1n) is 7.37. The van der Waals surface area contributed by atoms with Crippen LogP contribution in [0.1, 0.15) is 11.1 Å². The Morgan fingerprint density at radius 1 is 1.08 bits per heavy atom. The number of thioether (sulfide) groups is 1. The van der Waals surface area contributed by atoms with E-state index in [9.17, 15) is 19.3 Å². The van der Waals surface area contributed by atoms with E-state index in [1.807, 2.05) is 0 Å². The van der Waals surface area contributed by atoms with Gasteiger partial charge in [-0.05, 0) is 29.7 Å². The van der Waals surface area contributed by atoms with Crippen molar-refractivity contribution in [3.8, 4) is 0 Å². The fraction of sp³-hybridized carbons (Fsp3) is 0.235. The van der Waals surface area contributed by atoms with Crippen molar-refractivity contribution in [2.75, 3.05) is 12.3 Å². The van der Waals surface area contributed by atoms with Crippen LogP contribution in [-0.4, -0.2) is 23.1 Å². The van der Waals surface area contributed by atoms with Gasteiger partial charge >= 0.3 is 0 Å². The Morgan fingerprint density at radius 2 is 1.71 bits per heavy atom. The highest BCUT2D eigenvalue weighted by Crippen LogP contribution is 2.16. The van der Waals surface area contributed by atoms with Crippen LogP contribution in [0, 0.1) is 15.9 Å². The van der Waals surface area contributed by atoms with Crippen LogP contribution in [0.3, 0.4) is 0 Å². The highest BCUT2D eigenvalue weighted by atomic mass is 32.2. The predicted octanol–water partition coefficient (Wildman–Crippen LogP) is 3.33. The van der Waals surface area contributed by atoms with E-state index in [4.69, 9.17) is 0 Å². The zero-order valence-corrected chi connectivity index (χ0v) is 13.7. The zero-order chi connectivity index (χ0) is 17.4. The molecular weight excluding hydrogens is 331 g/mol. The first-order valence-corrected chi connectivity index (χ1v) is 8.52. The van der Waals surface area contributed by atoms with E-state index in [1.54, 1.807) is 24.3 Å². The lowest BCUT2D eigenvalue weighted by atomic mass is 10.1. The maximum absolute atomic E-state index is 12.8. The number of hydrogen-bond donors (Lipinski definition) is 1. The molecule has 0 saturated heterocycles. The van der Waals surface area contributed by atoms with Crippen molar-refractivity contribution in [3.63, 3.8) is 0 Å². The number of carbonyl (C=O) groups is 1. The first kappa shape index (κ1) is 17.9. The third-order valence-corrected chi connectivity index (χ3v) is 4.30. The minimum Gasteiger partial charge on any atom is -0.355 e. The lowest BCUT2D eigenvalue weighted by Crippen LogP contribution is -2.27. The van der Waals surface area contributed by atoms with Gasteiger partial charge in [0.25, 0.3) is 5.69 Å². The van der Waals surface area contributed by atoms with Gasteiger partial charge in [0.05, 0.1) is 10.7 Å². The topological polar surface area (TPSA) is 72.2 Å². The molecule has 0 radical (unpaired) electrons. The average Bonchev–Trinajstić information content (AvgIpc) is 2.57. The van der Waals surface area contributed by atoms with Gasteiger partial charge in [-0.15, -0.1) is 11.8 Å².